The van der Waals surface area contributed by atoms with Crippen LogP contribution >= 0.6 is 15.9 Å². The lowest BCUT2D eigenvalue weighted by molar-refractivity contribution is -0.116. The summed E-state index contributed by atoms with van der Waals surface area (Å²) in [7, 11) is 0. The average molecular weight is 293 g/mol. The van der Waals surface area contributed by atoms with E-state index in [9.17, 15) is 13.6 Å². The Hall–Kier alpha value is -0.970. The standard InChI is InChI=1S/C11H11BrF2O2/c1-7(15)4-9-5-8(6-12)2-3-10(9)16-11(13)14/h2-3,5,11H,4,6H2,1H3. The number of carbonyl (C=O) groups is 1. The zero-order valence-corrected chi connectivity index (χ0v) is 10.3. The molecule has 0 heterocycles. The van der Waals surface area contributed by atoms with Crippen LogP contribution in [0.15, 0.2) is 18.2 Å². The number of carbonyl (C=O) groups excluding carboxylic acids is 1. The molecule has 0 aliphatic carbocycles. The van der Waals surface area contributed by atoms with E-state index in [4.69, 9.17) is 0 Å². The number of rotatable bonds is 5. The molecule has 5 heteroatoms. The van der Waals surface area contributed by atoms with Gasteiger partial charge in [0.15, 0.2) is 0 Å². The molecule has 1 aromatic rings. The third kappa shape index (κ3) is 3.89. The van der Waals surface area contributed by atoms with Crippen LogP contribution in [-0.2, 0) is 16.5 Å². The highest BCUT2D eigenvalue weighted by molar-refractivity contribution is 9.08. The number of ketones is 1. The Morgan fingerprint density at radius 3 is 2.69 bits per heavy atom. The molecule has 0 amide bonds. The summed E-state index contributed by atoms with van der Waals surface area (Å²) in [4.78, 5) is 11.0. The molecule has 0 fully saturated rings. The van der Waals surface area contributed by atoms with Gasteiger partial charge in [-0.25, -0.2) is 0 Å². The van der Waals surface area contributed by atoms with Gasteiger partial charge in [0.1, 0.15) is 11.5 Å². The molecule has 0 bridgehead atoms. The molecule has 0 radical (unpaired) electrons. The van der Waals surface area contributed by atoms with Crippen molar-refractivity contribution in [2.45, 2.75) is 25.3 Å². The SMILES string of the molecule is CC(=O)Cc1cc(CBr)ccc1OC(F)F. The van der Waals surface area contributed by atoms with E-state index in [1.807, 2.05) is 0 Å². The van der Waals surface area contributed by atoms with E-state index in [0.29, 0.717) is 10.9 Å². The minimum absolute atomic E-state index is 0.0647. The van der Waals surface area contributed by atoms with E-state index < -0.39 is 6.61 Å². The fraction of sp³-hybridized carbons (Fsp3) is 0.364. The molecule has 0 aliphatic rings. The maximum Gasteiger partial charge on any atom is 0.387 e. The van der Waals surface area contributed by atoms with Crippen molar-refractivity contribution in [1.82, 2.24) is 0 Å². The van der Waals surface area contributed by atoms with Gasteiger partial charge in [-0.3, -0.25) is 4.79 Å². The van der Waals surface area contributed by atoms with Gasteiger partial charge in [0, 0.05) is 17.3 Å². The van der Waals surface area contributed by atoms with E-state index in [1.165, 1.54) is 13.0 Å². The van der Waals surface area contributed by atoms with Crippen LogP contribution in [0.25, 0.3) is 0 Å². The van der Waals surface area contributed by atoms with Crippen LogP contribution in [0.3, 0.4) is 0 Å². The van der Waals surface area contributed by atoms with Gasteiger partial charge < -0.3 is 4.74 Å². The summed E-state index contributed by atoms with van der Waals surface area (Å²) in [6, 6.07) is 4.82. The molecule has 0 aliphatic heterocycles. The Kier molecular flexibility index (Phi) is 4.86. The van der Waals surface area contributed by atoms with Crippen molar-refractivity contribution in [2.75, 3.05) is 0 Å². The predicted molar refractivity (Wildman–Crippen MR) is 60.1 cm³/mol. The first-order chi connectivity index (χ1) is 7.52. The number of hydrogen-bond donors (Lipinski definition) is 0. The summed E-state index contributed by atoms with van der Waals surface area (Å²) in [5, 5.41) is 0.604. The van der Waals surface area contributed by atoms with Crippen molar-refractivity contribution >= 4 is 21.7 Å². The number of halogens is 3. The number of ether oxygens (including phenoxy) is 1. The maximum atomic E-state index is 12.1. The second-order valence-electron chi connectivity index (χ2n) is 3.33. The Morgan fingerprint density at radius 1 is 1.50 bits per heavy atom. The lowest BCUT2D eigenvalue weighted by Crippen LogP contribution is -2.07. The number of benzene rings is 1. The van der Waals surface area contributed by atoms with Crippen LogP contribution in [0.1, 0.15) is 18.1 Å². The van der Waals surface area contributed by atoms with Crippen LogP contribution in [-0.4, -0.2) is 12.4 Å². The highest BCUT2D eigenvalue weighted by Crippen LogP contribution is 2.24. The summed E-state index contributed by atoms with van der Waals surface area (Å²) in [5.41, 5.74) is 1.41. The highest BCUT2D eigenvalue weighted by atomic mass is 79.9. The van der Waals surface area contributed by atoms with Gasteiger partial charge in [0.25, 0.3) is 0 Å². The largest absolute Gasteiger partial charge is 0.435 e. The summed E-state index contributed by atoms with van der Waals surface area (Å²) in [5.74, 6) is -0.0271. The van der Waals surface area contributed by atoms with E-state index in [1.54, 1.807) is 12.1 Å². The summed E-state index contributed by atoms with van der Waals surface area (Å²) in [6.45, 7) is -1.46. The van der Waals surface area contributed by atoms with Crippen molar-refractivity contribution in [2.24, 2.45) is 0 Å². The Morgan fingerprint density at radius 2 is 2.19 bits per heavy atom. The van der Waals surface area contributed by atoms with Crippen molar-refractivity contribution in [1.29, 1.82) is 0 Å². The summed E-state index contributed by atoms with van der Waals surface area (Å²) >= 11 is 3.26. The predicted octanol–water partition coefficient (Wildman–Crippen LogP) is 3.31. The number of alkyl halides is 3. The fourth-order valence-electron chi connectivity index (χ4n) is 1.33. The Bertz CT molecular complexity index is 380. The summed E-state index contributed by atoms with van der Waals surface area (Å²) in [6.07, 6.45) is 0.100. The summed E-state index contributed by atoms with van der Waals surface area (Å²) < 4.78 is 28.6. The molecule has 0 N–H and O–H groups in total. The number of Topliss-reactive ketones (excluding diaryl/α,β-unsaturated/α-hetero) is 1. The van der Waals surface area contributed by atoms with E-state index >= 15 is 0 Å². The van der Waals surface area contributed by atoms with Crippen LogP contribution in [0.4, 0.5) is 8.78 Å². The van der Waals surface area contributed by atoms with Crippen LogP contribution in [0.5, 0.6) is 5.75 Å². The number of hydrogen-bond acceptors (Lipinski definition) is 2. The van der Waals surface area contributed by atoms with Crippen LogP contribution in [0, 0.1) is 0 Å². The quantitative estimate of drug-likeness (QED) is 0.778. The van der Waals surface area contributed by atoms with Crippen molar-refractivity contribution in [3.63, 3.8) is 0 Å². The maximum absolute atomic E-state index is 12.1. The molecule has 0 unspecified atom stereocenters. The third-order valence-electron chi connectivity index (χ3n) is 1.93. The normalized spacial score (nSPS) is 10.6. The molecule has 88 valence electrons. The molecular formula is C11H11BrF2O2. The fourth-order valence-corrected chi connectivity index (χ4v) is 1.68. The van der Waals surface area contributed by atoms with Gasteiger partial charge in [-0.05, 0) is 18.6 Å². The Balaban J connectivity index is 3.00. The highest BCUT2D eigenvalue weighted by Gasteiger charge is 2.11. The van der Waals surface area contributed by atoms with Gasteiger partial charge in [0.2, 0.25) is 0 Å². The molecule has 0 saturated heterocycles. The van der Waals surface area contributed by atoms with Gasteiger partial charge in [0.05, 0.1) is 0 Å². The van der Waals surface area contributed by atoms with Crippen molar-refractivity contribution in [3.8, 4) is 5.75 Å². The lowest BCUT2D eigenvalue weighted by atomic mass is 10.1. The molecule has 0 spiro atoms. The molecular weight excluding hydrogens is 282 g/mol. The van der Waals surface area contributed by atoms with E-state index in [0.717, 1.165) is 5.56 Å². The molecule has 16 heavy (non-hydrogen) atoms. The zero-order valence-electron chi connectivity index (χ0n) is 8.67. The average Bonchev–Trinajstić information content (AvgIpc) is 2.19. The topological polar surface area (TPSA) is 26.3 Å². The monoisotopic (exact) mass is 292 g/mol. The van der Waals surface area contributed by atoms with E-state index in [-0.39, 0.29) is 18.0 Å². The second kappa shape index (κ2) is 5.94. The zero-order chi connectivity index (χ0) is 12.1. The third-order valence-corrected chi connectivity index (χ3v) is 2.58. The minimum atomic E-state index is -2.87. The first kappa shape index (κ1) is 13.1. The molecule has 2 nitrogen and oxygen atoms in total. The Labute approximate surface area is 101 Å². The van der Waals surface area contributed by atoms with Gasteiger partial charge in [-0.2, -0.15) is 8.78 Å². The van der Waals surface area contributed by atoms with E-state index in [2.05, 4.69) is 20.7 Å². The van der Waals surface area contributed by atoms with Crippen LogP contribution in [0.2, 0.25) is 0 Å². The molecule has 1 aromatic carbocycles. The molecule has 0 atom stereocenters. The molecule has 0 aromatic heterocycles. The molecule has 0 saturated carbocycles. The van der Waals surface area contributed by atoms with Gasteiger partial charge >= 0.3 is 6.61 Å². The smallest absolute Gasteiger partial charge is 0.387 e. The first-order valence-electron chi connectivity index (χ1n) is 4.65. The van der Waals surface area contributed by atoms with Gasteiger partial charge in [-0.1, -0.05) is 28.1 Å². The second-order valence-corrected chi connectivity index (χ2v) is 3.89. The first-order valence-corrected chi connectivity index (χ1v) is 5.77. The lowest BCUT2D eigenvalue weighted by Gasteiger charge is -2.10. The van der Waals surface area contributed by atoms with Crippen molar-refractivity contribution in [3.05, 3.63) is 29.3 Å². The molecule has 1 rings (SSSR count). The van der Waals surface area contributed by atoms with Gasteiger partial charge in [-0.15, -0.1) is 0 Å². The van der Waals surface area contributed by atoms with Crippen molar-refractivity contribution < 1.29 is 18.3 Å². The minimum Gasteiger partial charge on any atom is -0.435 e. The van der Waals surface area contributed by atoms with Crippen LogP contribution < -0.4 is 4.74 Å².